The van der Waals surface area contributed by atoms with Crippen molar-refractivity contribution < 1.29 is 19.4 Å². The van der Waals surface area contributed by atoms with Crippen molar-refractivity contribution in [3.8, 4) is 28.1 Å². The molecule has 0 saturated heterocycles. The van der Waals surface area contributed by atoms with E-state index < -0.39 is 5.97 Å². The van der Waals surface area contributed by atoms with Crippen molar-refractivity contribution in [3.05, 3.63) is 71.4 Å². The van der Waals surface area contributed by atoms with Gasteiger partial charge in [0.15, 0.2) is 0 Å². The van der Waals surface area contributed by atoms with Gasteiger partial charge in [-0.25, -0.2) is 4.79 Å². The third kappa shape index (κ3) is 5.05. The number of aryl methyl sites for hydroxylation is 2. The summed E-state index contributed by atoms with van der Waals surface area (Å²) in [5, 5.41) is 9.36. The number of aromatic nitrogens is 1. The van der Waals surface area contributed by atoms with E-state index in [2.05, 4.69) is 6.07 Å². The Hall–Kier alpha value is -3.18. The van der Waals surface area contributed by atoms with Gasteiger partial charge in [-0.05, 0) is 79.3 Å². The van der Waals surface area contributed by atoms with Crippen LogP contribution >= 0.6 is 0 Å². The average Bonchev–Trinajstić information content (AvgIpc) is 2.76. The lowest BCUT2D eigenvalue weighted by molar-refractivity contribution is 0.0696. The van der Waals surface area contributed by atoms with Crippen molar-refractivity contribution in [1.29, 1.82) is 0 Å². The van der Waals surface area contributed by atoms with Crippen LogP contribution in [-0.2, 0) is 11.2 Å². The van der Waals surface area contributed by atoms with Crippen LogP contribution in [0.3, 0.4) is 0 Å². The van der Waals surface area contributed by atoms with Crippen molar-refractivity contribution in [1.82, 2.24) is 4.98 Å². The van der Waals surface area contributed by atoms with Gasteiger partial charge in [-0.2, -0.15) is 0 Å². The molecular weight excluding hydrogens is 378 g/mol. The number of ether oxygens (including phenoxy) is 2. The Labute approximate surface area is 177 Å². The zero-order chi connectivity index (χ0) is 21.5. The fourth-order valence-corrected chi connectivity index (χ4v) is 3.49. The summed E-state index contributed by atoms with van der Waals surface area (Å²) in [6.07, 6.45) is 4.86. The van der Waals surface area contributed by atoms with Crippen LogP contribution < -0.4 is 4.74 Å². The second kappa shape index (κ2) is 10.0. The Balaban J connectivity index is 2.03. The Morgan fingerprint density at radius 3 is 2.37 bits per heavy atom. The van der Waals surface area contributed by atoms with E-state index in [4.69, 9.17) is 14.5 Å². The summed E-state index contributed by atoms with van der Waals surface area (Å²) in [6, 6.07) is 15.4. The van der Waals surface area contributed by atoms with Gasteiger partial charge in [-0.15, -0.1) is 0 Å². The Morgan fingerprint density at radius 2 is 1.73 bits per heavy atom. The lowest BCUT2D eigenvalue weighted by Gasteiger charge is -2.14. The van der Waals surface area contributed by atoms with Gasteiger partial charge in [0, 0.05) is 31.0 Å². The number of unbranched alkanes of at least 4 members (excludes halogenated alkanes) is 1. The summed E-state index contributed by atoms with van der Waals surface area (Å²) >= 11 is 0. The molecule has 156 valence electrons. The molecule has 1 N–H and O–H groups in total. The van der Waals surface area contributed by atoms with E-state index in [0.29, 0.717) is 5.56 Å². The number of pyridine rings is 1. The fraction of sp³-hybridized carbons (Fsp3) is 0.280. The number of methoxy groups -OCH3 is 2. The number of benzene rings is 2. The van der Waals surface area contributed by atoms with Gasteiger partial charge in [0.1, 0.15) is 5.75 Å². The molecule has 2 aromatic carbocycles. The molecule has 1 heterocycles. The van der Waals surface area contributed by atoms with Crippen LogP contribution in [0.4, 0.5) is 0 Å². The van der Waals surface area contributed by atoms with Crippen LogP contribution in [0, 0.1) is 6.92 Å². The number of nitrogens with zero attached hydrogens (tertiary/aromatic N) is 1. The molecule has 3 aromatic rings. The van der Waals surface area contributed by atoms with Crippen LogP contribution in [0.25, 0.3) is 22.4 Å². The zero-order valence-corrected chi connectivity index (χ0v) is 17.6. The summed E-state index contributed by atoms with van der Waals surface area (Å²) in [7, 11) is 3.36. The maximum Gasteiger partial charge on any atom is 0.335 e. The van der Waals surface area contributed by atoms with Crippen molar-refractivity contribution in [2.24, 2.45) is 0 Å². The SMILES string of the molecule is COCCCCc1cnc(-c2ccc(OC)cc2)c(-c2ccc(C(=O)O)c(C)c2)c1. The van der Waals surface area contributed by atoms with E-state index >= 15 is 0 Å². The molecule has 0 bridgehead atoms. The summed E-state index contributed by atoms with van der Waals surface area (Å²) in [6.45, 7) is 2.57. The van der Waals surface area contributed by atoms with Crippen molar-refractivity contribution in [3.63, 3.8) is 0 Å². The second-order valence-electron chi connectivity index (χ2n) is 7.25. The molecule has 0 aliphatic heterocycles. The van der Waals surface area contributed by atoms with Crippen LogP contribution in [0.15, 0.2) is 54.7 Å². The first-order chi connectivity index (χ1) is 14.5. The highest BCUT2D eigenvalue weighted by atomic mass is 16.5. The quantitative estimate of drug-likeness (QED) is 0.483. The molecular formula is C25H27NO4. The monoisotopic (exact) mass is 405 g/mol. The second-order valence-corrected chi connectivity index (χ2v) is 7.25. The standard InChI is InChI=1S/C25H27NO4/c1-17-14-20(9-12-22(17)25(27)28)23-15-18(6-4-5-13-29-2)16-26-24(23)19-7-10-21(30-3)11-8-19/h7-12,14-16H,4-6,13H2,1-3H3,(H,27,28). The molecule has 0 amide bonds. The number of hydrogen-bond donors (Lipinski definition) is 1. The molecule has 0 atom stereocenters. The van der Waals surface area contributed by atoms with Gasteiger partial charge >= 0.3 is 5.97 Å². The van der Waals surface area contributed by atoms with Crippen LogP contribution in [0.2, 0.25) is 0 Å². The minimum atomic E-state index is -0.917. The largest absolute Gasteiger partial charge is 0.497 e. The molecule has 0 fully saturated rings. The summed E-state index contributed by atoms with van der Waals surface area (Å²) < 4.78 is 10.4. The van der Waals surface area contributed by atoms with Crippen molar-refractivity contribution >= 4 is 5.97 Å². The van der Waals surface area contributed by atoms with E-state index in [1.807, 2.05) is 49.5 Å². The summed E-state index contributed by atoms with van der Waals surface area (Å²) in [4.78, 5) is 16.2. The van der Waals surface area contributed by atoms with Gasteiger partial charge in [0.05, 0.1) is 18.4 Å². The first-order valence-corrected chi connectivity index (χ1v) is 10.00. The molecule has 5 heteroatoms. The molecule has 0 aliphatic rings. The van der Waals surface area contributed by atoms with Gasteiger partial charge in [-0.1, -0.05) is 12.1 Å². The highest BCUT2D eigenvalue weighted by molar-refractivity contribution is 5.91. The number of aromatic carboxylic acids is 1. The average molecular weight is 405 g/mol. The zero-order valence-electron chi connectivity index (χ0n) is 17.6. The maximum atomic E-state index is 11.4. The fourth-order valence-electron chi connectivity index (χ4n) is 3.49. The lowest BCUT2D eigenvalue weighted by atomic mass is 9.94. The van der Waals surface area contributed by atoms with Gasteiger partial charge in [0.25, 0.3) is 0 Å². The molecule has 30 heavy (non-hydrogen) atoms. The lowest BCUT2D eigenvalue weighted by Crippen LogP contribution is -2.00. The minimum absolute atomic E-state index is 0.313. The van der Waals surface area contributed by atoms with E-state index in [1.54, 1.807) is 20.3 Å². The Morgan fingerprint density at radius 1 is 1.00 bits per heavy atom. The van der Waals surface area contributed by atoms with Crippen LogP contribution in [0.5, 0.6) is 5.75 Å². The molecule has 1 aromatic heterocycles. The molecule has 5 nitrogen and oxygen atoms in total. The van der Waals surface area contributed by atoms with Gasteiger partial charge in [-0.3, -0.25) is 4.98 Å². The molecule has 0 unspecified atom stereocenters. The predicted molar refractivity (Wildman–Crippen MR) is 118 cm³/mol. The third-order valence-corrected chi connectivity index (χ3v) is 5.14. The smallest absolute Gasteiger partial charge is 0.335 e. The molecule has 0 spiro atoms. The highest BCUT2D eigenvalue weighted by Crippen LogP contribution is 2.33. The molecule has 0 saturated carbocycles. The predicted octanol–water partition coefficient (Wildman–Crippen LogP) is 5.40. The molecule has 3 rings (SSSR count). The molecule has 0 radical (unpaired) electrons. The summed E-state index contributed by atoms with van der Waals surface area (Å²) in [5.74, 6) is -0.129. The Bertz CT molecular complexity index is 1010. The number of carbonyl (C=O) groups is 1. The summed E-state index contributed by atoms with van der Waals surface area (Å²) in [5.41, 5.74) is 5.98. The van der Waals surface area contributed by atoms with E-state index in [9.17, 15) is 9.90 Å². The van der Waals surface area contributed by atoms with Crippen molar-refractivity contribution in [2.45, 2.75) is 26.2 Å². The van der Waals surface area contributed by atoms with E-state index in [1.165, 1.54) is 0 Å². The number of hydrogen-bond acceptors (Lipinski definition) is 4. The normalized spacial score (nSPS) is 10.8. The highest BCUT2D eigenvalue weighted by Gasteiger charge is 2.14. The maximum absolute atomic E-state index is 11.4. The number of rotatable bonds is 9. The number of carboxylic acids is 1. The van der Waals surface area contributed by atoms with Crippen LogP contribution in [-0.4, -0.2) is 36.9 Å². The van der Waals surface area contributed by atoms with E-state index in [0.717, 1.165) is 65.1 Å². The molecule has 0 aliphatic carbocycles. The van der Waals surface area contributed by atoms with Crippen molar-refractivity contribution in [2.75, 3.05) is 20.8 Å². The first-order valence-electron chi connectivity index (χ1n) is 10.00. The Kier molecular flexibility index (Phi) is 7.20. The first kappa shape index (κ1) is 21.5. The third-order valence-electron chi connectivity index (χ3n) is 5.14. The topological polar surface area (TPSA) is 68.7 Å². The number of carboxylic acid groups (broad SMARTS) is 1. The van der Waals surface area contributed by atoms with Crippen LogP contribution in [0.1, 0.15) is 34.3 Å². The van der Waals surface area contributed by atoms with E-state index in [-0.39, 0.29) is 0 Å². The van der Waals surface area contributed by atoms with Gasteiger partial charge < -0.3 is 14.6 Å². The van der Waals surface area contributed by atoms with Gasteiger partial charge in [0.2, 0.25) is 0 Å². The minimum Gasteiger partial charge on any atom is -0.497 e.